The Morgan fingerprint density at radius 3 is 1.95 bits per heavy atom. The Labute approximate surface area is 247 Å². The molecule has 3 atom stereocenters. The summed E-state index contributed by atoms with van der Waals surface area (Å²) in [4.78, 5) is 39.2. The van der Waals surface area contributed by atoms with Crippen molar-refractivity contribution in [1.29, 1.82) is 0 Å². The maximum absolute atomic E-state index is 13.1. The largest absolute Gasteiger partial charge is 0.380 e. The fourth-order valence-corrected chi connectivity index (χ4v) is 6.23. The van der Waals surface area contributed by atoms with Crippen molar-refractivity contribution in [2.24, 2.45) is 5.92 Å². The number of aromatic nitrogens is 1. The van der Waals surface area contributed by atoms with Gasteiger partial charge in [-0.05, 0) is 26.2 Å². The minimum Gasteiger partial charge on any atom is -0.380 e. The van der Waals surface area contributed by atoms with E-state index in [1.54, 1.807) is 18.9 Å². The molecule has 2 rings (SSSR count). The number of rotatable bonds is 22. The Hall–Kier alpha value is -2.16. The number of nitro groups is 1. The van der Waals surface area contributed by atoms with Crippen molar-refractivity contribution in [3.05, 3.63) is 31.8 Å². The highest BCUT2D eigenvalue weighted by Crippen LogP contribution is 2.35. The molecule has 0 spiro atoms. The molecule has 236 valence electrons. The fraction of sp³-hybridized carbons (Fsp3) is 0.875. The minimum absolute atomic E-state index is 0.0284. The number of amides is 1. The first kappa shape index (κ1) is 35.0. The molecule has 0 bridgehead atoms. The lowest BCUT2D eigenvalue weighted by atomic mass is 9.81. The average molecular weight is 580 g/mol. The van der Waals surface area contributed by atoms with Crippen LogP contribution in [0.2, 0.25) is 0 Å². The molecule has 1 amide bonds. The molecule has 0 radical (unpaired) electrons. The summed E-state index contributed by atoms with van der Waals surface area (Å²) in [6.45, 7) is 4.71. The number of aryl methyl sites for hydroxylation is 1. The summed E-state index contributed by atoms with van der Waals surface area (Å²) < 4.78 is 11.8. The van der Waals surface area contributed by atoms with E-state index >= 15 is 0 Å². The van der Waals surface area contributed by atoms with Crippen LogP contribution in [0.15, 0.2) is 9.32 Å². The lowest BCUT2D eigenvalue weighted by Gasteiger charge is -2.32. The van der Waals surface area contributed by atoms with Crippen LogP contribution < -0.4 is 5.56 Å². The van der Waals surface area contributed by atoms with Crippen LogP contribution in [0.1, 0.15) is 146 Å². The van der Waals surface area contributed by atoms with Crippen LogP contribution in [0.5, 0.6) is 0 Å². The number of carbonyl (C=O) groups excluding carboxylic acids is 1. The third kappa shape index (κ3) is 11.9. The zero-order chi connectivity index (χ0) is 30.0. The van der Waals surface area contributed by atoms with Gasteiger partial charge in [0.2, 0.25) is 11.9 Å². The third-order valence-corrected chi connectivity index (χ3v) is 8.83. The highest BCUT2D eigenvalue weighted by Gasteiger charge is 2.44. The van der Waals surface area contributed by atoms with Crippen LogP contribution in [0, 0.1) is 23.0 Å². The first-order chi connectivity index (χ1) is 19.8. The van der Waals surface area contributed by atoms with Crippen LogP contribution in [0.4, 0.5) is 0 Å². The Bertz CT molecular complexity index is 942. The summed E-state index contributed by atoms with van der Waals surface area (Å²) in [6, 6.07) is -1.74. The average Bonchev–Trinajstić information content (AvgIpc) is 3.24. The van der Waals surface area contributed by atoms with Gasteiger partial charge in [0.15, 0.2) is 0 Å². The van der Waals surface area contributed by atoms with Crippen LogP contribution in [0.3, 0.4) is 0 Å². The number of carbonyl (C=O) groups is 1. The monoisotopic (exact) mass is 579 g/mol. The number of unbranched alkanes of at least 4 members (excludes halogenated alkanes) is 15. The Morgan fingerprint density at radius 1 is 0.951 bits per heavy atom. The molecule has 0 aliphatic heterocycles. The van der Waals surface area contributed by atoms with Gasteiger partial charge in [-0.3, -0.25) is 19.7 Å². The molecule has 1 aromatic heterocycles. The van der Waals surface area contributed by atoms with Gasteiger partial charge in [0, 0.05) is 38.0 Å². The van der Waals surface area contributed by atoms with E-state index in [4.69, 9.17) is 9.26 Å². The zero-order valence-corrected chi connectivity index (χ0v) is 26.4. The molecule has 3 unspecified atom stereocenters. The SMILES string of the molecule is CCCCCCCCCCCCCCCCCCN(C)C(=O)C1CCC(n2oc(C)c(COC)c2=O)C([N+](=O)[O-])C1. The van der Waals surface area contributed by atoms with Gasteiger partial charge < -0.3 is 14.2 Å². The first-order valence-corrected chi connectivity index (χ1v) is 16.4. The molecule has 1 saturated carbocycles. The Kier molecular flexibility index (Phi) is 17.0. The van der Waals surface area contributed by atoms with Crippen molar-refractivity contribution in [3.8, 4) is 0 Å². The molecular weight excluding hydrogens is 522 g/mol. The van der Waals surface area contributed by atoms with Crippen LogP contribution in [-0.2, 0) is 16.1 Å². The molecule has 1 aliphatic carbocycles. The van der Waals surface area contributed by atoms with E-state index in [1.807, 2.05) is 0 Å². The van der Waals surface area contributed by atoms with E-state index in [1.165, 1.54) is 97.0 Å². The molecule has 1 fully saturated rings. The molecule has 1 aliphatic rings. The molecule has 1 aromatic rings. The van der Waals surface area contributed by atoms with Crippen LogP contribution >= 0.6 is 0 Å². The maximum Gasteiger partial charge on any atom is 0.288 e. The Balaban J connectivity index is 1.61. The predicted octanol–water partition coefficient (Wildman–Crippen LogP) is 7.60. The van der Waals surface area contributed by atoms with Crippen molar-refractivity contribution < 1.29 is 19.0 Å². The summed E-state index contributed by atoms with van der Waals surface area (Å²) in [5, 5.41) is 11.9. The predicted molar refractivity (Wildman–Crippen MR) is 163 cm³/mol. The number of methoxy groups -OCH3 is 1. The van der Waals surface area contributed by atoms with Crippen molar-refractivity contribution in [3.63, 3.8) is 0 Å². The third-order valence-electron chi connectivity index (χ3n) is 8.83. The normalized spacial score (nSPS) is 19.0. The van der Waals surface area contributed by atoms with Gasteiger partial charge in [-0.25, -0.2) is 0 Å². The number of ether oxygens (including phenoxy) is 1. The highest BCUT2D eigenvalue weighted by molar-refractivity contribution is 5.78. The lowest BCUT2D eigenvalue weighted by molar-refractivity contribution is -0.536. The maximum atomic E-state index is 13.1. The quantitative estimate of drug-likeness (QED) is 0.0795. The fourth-order valence-electron chi connectivity index (χ4n) is 6.23. The van der Waals surface area contributed by atoms with Crippen LogP contribution in [-0.4, -0.2) is 47.2 Å². The van der Waals surface area contributed by atoms with Crippen molar-refractivity contribution in [2.45, 2.75) is 155 Å². The standard InChI is InChI=1S/C32H57N3O6/c1-5-6-7-8-9-10-11-12-13-14-15-16-17-18-19-20-23-33(3)31(36)27-21-22-29(30(24-27)35(38)39)34-32(37)28(25-40-4)26(2)41-34/h27,29-30H,5-25H2,1-4H3. The zero-order valence-electron chi connectivity index (χ0n) is 26.4. The van der Waals surface area contributed by atoms with Gasteiger partial charge in [0.25, 0.3) is 5.56 Å². The second kappa shape index (κ2) is 19.9. The van der Waals surface area contributed by atoms with E-state index in [-0.39, 0.29) is 29.4 Å². The second-order valence-corrected chi connectivity index (χ2v) is 12.2. The summed E-state index contributed by atoms with van der Waals surface area (Å²) in [5.74, 6) is -0.0205. The van der Waals surface area contributed by atoms with E-state index in [0.717, 1.165) is 17.6 Å². The first-order valence-electron chi connectivity index (χ1n) is 16.4. The summed E-state index contributed by atoms with van der Waals surface area (Å²) >= 11 is 0. The molecule has 1 heterocycles. The molecule has 9 nitrogen and oxygen atoms in total. The molecule has 0 N–H and O–H groups in total. The number of hydrogen-bond donors (Lipinski definition) is 0. The van der Waals surface area contributed by atoms with Gasteiger partial charge in [0.05, 0.1) is 12.2 Å². The molecule has 41 heavy (non-hydrogen) atoms. The van der Waals surface area contributed by atoms with Gasteiger partial charge >= 0.3 is 0 Å². The van der Waals surface area contributed by atoms with Crippen molar-refractivity contribution in [2.75, 3.05) is 20.7 Å². The number of hydrogen-bond acceptors (Lipinski definition) is 6. The Morgan fingerprint density at radius 2 is 1.46 bits per heavy atom. The highest BCUT2D eigenvalue weighted by atomic mass is 16.6. The van der Waals surface area contributed by atoms with E-state index < -0.39 is 18.0 Å². The van der Waals surface area contributed by atoms with Gasteiger partial charge in [0.1, 0.15) is 11.8 Å². The lowest BCUT2D eigenvalue weighted by Crippen LogP contribution is -2.44. The van der Waals surface area contributed by atoms with Crippen molar-refractivity contribution >= 4 is 5.91 Å². The van der Waals surface area contributed by atoms with E-state index in [2.05, 4.69) is 6.92 Å². The van der Waals surface area contributed by atoms with Gasteiger partial charge in [-0.1, -0.05) is 103 Å². The summed E-state index contributed by atoms with van der Waals surface area (Å²) in [6.07, 6.45) is 21.9. The van der Waals surface area contributed by atoms with E-state index in [9.17, 15) is 19.7 Å². The van der Waals surface area contributed by atoms with Crippen LogP contribution in [0.25, 0.3) is 0 Å². The van der Waals surface area contributed by atoms with Gasteiger partial charge in [-0.15, -0.1) is 0 Å². The topological polar surface area (TPSA) is 108 Å². The van der Waals surface area contributed by atoms with E-state index in [0.29, 0.717) is 30.7 Å². The molecular formula is C32H57N3O6. The van der Waals surface area contributed by atoms with Gasteiger partial charge in [-0.2, -0.15) is 4.74 Å². The summed E-state index contributed by atoms with van der Waals surface area (Å²) in [5.41, 5.74) is -0.00192. The molecule has 0 saturated heterocycles. The summed E-state index contributed by atoms with van der Waals surface area (Å²) in [7, 11) is 3.29. The molecule has 9 heteroatoms. The number of nitrogens with zero attached hydrogens (tertiary/aromatic N) is 3. The van der Waals surface area contributed by atoms with Crippen molar-refractivity contribution in [1.82, 2.24) is 9.64 Å². The minimum atomic E-state index is -1.04. The smallest absolute Gasteiger partial charge is 0.288 e. The second-order valence-electron chi connectivity index (χ2n) is 12.2. The molecule has 0 aromatic carbocycles.